The van der Waals surface area contributed by atoms with Crippen molar-refractivity contribution in [3.63, 3.8) is 0 Å². The number of carbonyl (C=O) groups excluding carboxylic acids is 2. The second kappa shape index (κ2) is 4.27. The summed E-state index contributed by atoms with van der Waals surface area (Å²) in [6.07, 6.45) is 0. The van der Waals surface area contributed by atoms with Crippen LogP contribution in [0.15, 0.2) is 24.3 Å². The van der Waals surface area contributed by atoms with Gasteiger partial charge in [-0.2, -0.15) is 0 Å². The lowest BCUT2D eigenvalue weighted by atomic mass is 10.2. The second-order valence-electron chi connectivity index (χ2n) is 2.76. The predicted molar refractivity (Wildman–Crippen MR) is 52.1 cm³/mol. The van der Waals surface area contributed by atoms with E-state index in [1.807, 2.05) is 0 Å². The first kappa shape index (κ1) is 10.0. The third-order valence-corrected chi connectivity index (χ3v) is 1.50. The Hall–Kier alpha value is -2.04. The van der Waals surface area contributed by atoms with E-state index in [4.69, 9.17) is 5.73 Å². The number of amides is 2. The summed E-state index contributed by atoms with van der Waals surface area (Å²) in [4.78, 5) is 21.8. The van der Waals surface area contributed by atoms with E-state index in [1.54, 1.807) is 18.2 Å². The zero-order valence-electron chi connectivity index (χ0n) is 7.70. The van der Waals surface area contributed by atoms with Gasteiger partial charge < -0.3 is 5.73 Å². The monoisotopic (exact) mass is 193 g/mol. The first-order valence-electron chi connectivity index (χ1n) is 4.02. The van der Waals surface area contributed by atoms with Crippen LogP contribution < -0.4 is 16.6 Å². The molecular formula is C9H11N3O2. The highest BCUT2D eigenvalue weighted by Crippen LogP contribution is 2.05. The number of nitrogen functional groups attached to an aromatic ring is 1. The van der Waals surface area contributed by atoms with Gasteiger partial charge in [-0.1, -0.05) is 6.07 Å². The molecule has 0 unspecified atom stereocenters. The highest BCUT2D eigenvalue weighted by molar-refractivity contribution is 5.95. The van der Waals surface area contributed by atoms with Crippen molar-refractivity contribution < 1.29 is 9.59 Å². The van der Waals surface area contributed by atoms with Crippen LogP contribution in [0.3, 0.4) is 0 Å². The lowest BCUT2D eigenvalue weighted by molar-refractivity contribution is -0.119. The number of nitrogens with one attached hydrogen (secondary N) is 2. The van der Waals surface area contributed by atoms with Crippen LogP contribution in [0.25, 0.3) is 0 Å². The fourth-order valence-electron chi connectivity index (χ4n) is 0.897. The molecule has 0 saturated carbocycles. The summed E-state index contributed by atoms with van der Waals surface area (Å²) in [5, 5.41) is 0. The lowest BCUT2D eigenvalue weighted by Gasteiger charge is -2.04. The number of hydrogen-bond acceptors (Lipinski definition) is 3. The van der Waals surface area contributed by atoms with Gasteiger partial charge in [0.05, 0.1) is 0 Å². The molecule has 4 N–H and O–H groups in total. The fourth-order valence-corrected chi connectivity index (χ4v) is 0.897. The molecule has 0 spiro atoms. The molecule has 0 fully saturated rings. The molecule has 0 aliphatic heterocycles. The summed E-state index contributed by atoms with van der Waals surface area (Å²) < 4.78 is 0. The van der Waals surface area contributed by atoms with E-state index in [0.29, 0.717) is 11.3 Å². The number of rotatable bonds is 1. The Labute approximate surface area is 81.3 Å². The highest BCUT2D eigenvalue weighted by atomic mass is 16.2. The molecule has 0 aromatic heterocycles. The number of nitrogens with two attached hydrogens (primary N) is 1. The van der Waals surface area contributed by atoms with E-state index < -0.39 is 5.91 Å². The molecule has 74 valence electrons. The Bertz CT molecular complexity index is 363. The Balaban J connectivity index is 2.65. The van der Waals surface area contributed by atoms with Crippen LogP contribution in [0.2, 0.25) is 0 Å². The number of hydrazine groups is 1. The first-order chi connectivity index (χ1) is 6.59. The smallest absolute Gasteiger partial charge is 0.269 e. The number of anilines is 1. The van der Waals surface area contributed by atoms with Crippen LogP contribution in [-0.4, -0.2) is 11.8 Å². The van der Waals surface area contributed by atoms with Gasteiger partial charge in [0.25, 0.3) is 5.91 Å². The third kappa shape index (κ3) is 2.78. The fraction of sp³-hybridized carbons (Fsp3) is 0.111. The SMILES string of the molecule is CC(=O)NNC(=O)c1cccc(N)c1. The van der Waals surface area contributed by atoms with Gasteiger partial charge in [-0.25, -0.2) is 0 Å². The van der Waals surface area contributed by atoms with E-state index in [1.165, 1.54) is 13.0 Å². The maximum Gasteiger partial charge on any atom is 0.269 e. The molecule has 14 heavy (non-hydrogen) atoms. The van der Waals surface area contributed by atoms with E-state index in [-0.39, 0.29) is 5.91 Å². The summed E-state index contributed by atoms with van der Waals surface area (Å²) >= 11 is 0. The van der Waals surface area contributed by atoms with E-state index in [0.717, 1.165) is 0 Å². The Morgan fingerprint density at radius 2 is 2.00 bits per heavy atom. The zero-order valence-corrected chi connectivity index (χ0v) is 7.70. The summed E-state index contributed by atoms with van der Waals surface area (Å²) in [6, 6.07) is 6.47. The number of benzene rings is 1. The molecule has 5 heteroatoms. The van der Waals surface area contributed by atoms with E-state index in [9.17, 15) is 9.59 Å². The van der Waals surface area contributed by atoms with Gasteiger partial charge in [0.1, 0.15) is 0 Å². The maximum absolute atomic E-state index is 11.3. The van der Waals surface area contributed by atoms with Crippen molar-refractivity contribution in [1.29, 1.82) is 0 Å². The highest BCUT2D eigenvalue weighted by Gasteiger charge is 2.04. The van der Waals surface area contributed by atoms with Gasteiger partial charge in [0.2, 0.25) is 5.91 Å². The first-order valence-corrected chi connectivity index (χ1v) is 4.02. The van der Waals surface area contributed by atoms with Crippen molar-refractivity contribution in [3.05, 3.63) is 29.8 Å². The molecule has 0 aliphatic carbocycles. The molecule has 0 atom stereocenters. The minimum atomic E-state index is -0.396. The van der Waals surface area contributed by atoms with Crippen molar-refractivity contribution in [1.82, 2.24) is 10.9 Å². The predicted octanol–water partition coefficient (Wildman–Crippen LogP) is 0.0497. The largest absolute Gasteiger partial charge is 0.399 e. The second-order valence-corrected chi connectivity index (χ2v) is 2.76. The quantitative estimate of drug-likeness (QED) is 0.435. The van der Waals surface area contributed by atoms with Gasteiger partial charge in [-0.15, -0.1) is 0 Å². The molecule has 0 heterocycles. The van der Waals surface area contributed by atoms with Crippen LogP contribution in [0, 0.1) is 0 Å². The lowest BCUT2D eigenvalue weighted by Crippen LogP contribution is -2.40. The van der Waals surface area contributed by atoms with Crippen molar-refractivity contribution in [2.24, 2.45) is 0 Å². The molecule has 1 aromatic carbocycles. The van der Waals surface area contributed by atoms with Gasteiger partial charge in [-0.3, -0.25) is 20.4 Å². The summed E-state index contributed by atoms with van der Waals surface area (Å²) in [7, 11) is 0. The summed E-state index contributed by atoms with van der Waals surface area (Å²) in [5.74, 6) is -0.727. The standard InChI is InChI=1S/C9H11N3O2/c1-6(13)11-12-9(14)7-3-2-4-8(10)5-7/h2-5H,10H2,1H3,(H,11,13)(H,12,14). The van der Waals surface area contributed by atoms with Crippen LogP contribution in [0.4, 0.5) is 5.69 Å². The molecule has 1 aromatic rings. The van der Waals surface area contributed by atoms with Crippen molar-refractivity contribution in [2.75, 3.05) is 5.73 Å². The van der Waals surface area contributed by atoms with E-state index in [2.05, 4.69) is 10.9 Å². The summed E-state index contributed by atoms with van der Waals surface area (Å²) in [6.45, 7) is 1.31. The summed E-state index contributed by atoms with van der Waals surface area (Å²) in [5.41, 5.74) is 10.8. The number of carbonyl (C=O) groups is 2. The van der Waals surface area contributed by atoms with E-state index >= 15 is 0 Å². The minimum absolute atomic E-state index is 0.331. The molecular weight excluding hydrogens is 182 g/mol. The third-order valence-electron chi connectivity index (χ3n) is 1.50. The normalized spacial score (nSPS) is 9.21. The van der Waals surface area contributed by atoms with Crippen molar-refractivity contribution in [3.8, 4) is 0 Å². The van der Waals surface area contributed by atoms with Crippen molar-refractivity contribution >= 4 is 17.5 Å². The molecule has 0 bridgehead atoms. The van der Waals surface area contributed by atoms with Gasteiger partial charge in [-0.05, 0) is 18.2 Å². The molecule has 5 nitrogen and oxygen atoms in total. The minimum Gasteiger partial charge on any atom is -0.399 e. The Morgan fingerprint density at radius 3 is 2.57 bits per heavy atom. The van der Waals surface area contributed by atoms with Crippen LogP contribution in [-0.2, 0) is 4.79 Å². The maximum atomic E-state index is 11.3. The molecule has 1 rings (SSSR count). The average molecular weight is 193 g/mol. The zero-order chi connectivity index (χ0) is 10.6. The number of hydrogen-bond donors (Lipinski definition) is 3. The average Bonchev–Trinajstić information content (AvgIpc) is 2.14. The van der Waals surface area contributed by atoms with Gasteiger partial charge in [0, 0.05) is 18.2 Å². The molecule has 2 amide bonds. The van der Waals surface area contributed by atoms with Gasteiger partial charge >= 0.3 is 0 Å². The molecule has 0 aliphatic rings. The van der Waals surface area contributed by atoms with Crippen LogP contribution in [0.5, 0.6) is 0 Å². The van der Waals surface area contributed by atoms with Gasteiger partial charge in [0.15, 0.2) is 0 Å². The van der Waals surface area contributed by atoms with Crippen molar-refractivity contribution in [2.45, 2.75) is 6.92 Å². The molecule has 0 saturated heterocycles. The van der Waals surface area contributed by atoms with Crippen LogP contribution in [0.1, 0.15) is 17.3 Å². The van der Waals surface area contributed by atoms with Crippen LogP contribution >= 0.6 is 0 Å². The molecule has 0 radical (unpaired) electrons. The topological polar surface area (TPSA) is 84.2 Å². The Kier molecular flexibility index (Phi) is 3.06. The Morgan fingerprint density at radius 1 is 1.29 bits per heavy atom.